The van der Waals surface area contributed by atoms with Crippen molar-refractivity contribution < 1.29 is 31.1 Å². The van der Waals surface area contributed by atoms with Gasteiger partial charge in [0.15, 0.2) is 0 Å². The third-order valence-corrected chi connectivity index (χ3v) is 5.14. The Kier molecular flexibility index (Phi) is 6.45. The van der Waals surface area contributed by atoms with E-state index in [4.69, 9.17) is 16.3 Å². The average Bonchev–Trinajstić information content (AvgIpc) is 3.09. The molecule has 0 spiro atoms. The molecule has 0 radical (unpaired) electrons. The van der Waals surface area contributed by atoms with Crippen molar-refractivity contribution in [3.8, 4) is 0 Å². The Balaban J connectivity index is 1.68. The fourth-order valence-electron chi connectivity index (χ4n) is 3.44. The lowest BCUT2D eigenvalue weighted by atomic mass is 9.89. The monoisotopic (exact) mass is 437 g/mol. The van der Waals surface area contributed by atoms with Crippen molar-refractivity contribution >= 4 is 11.6 Å². The molecule has 9 heteroatoms. The fourth-order valence-corrected chi connectivity index (χ4v) is 3.57. The lowest BCUT2D eigenvalue weighted by Gasteiger charge is -2.20. The Hall–Kier alpha value is -1.77. The SMILES string of the molecule is FC(F)(F)c1cc(COC[C@H]2CNC[C@H]2c2ccc(Cl)cc2)cc(C(F)(F)F)c1. The number of benzene rings is 2. The van der Waals surface area contributed by atoms with Gasteiger partial charge in [-0.05, 0) is 41.5 Å². The number of hydrogen-bond acceptors (Lipinski definition) is 2. The smallest absolute Gasteiger partial charge is 0.376 e. The molecule has 0 unspecified atom stereocenters. The molecule has 0 bridgehead atoms. The molecular formula is C20H18ClF6NO. The number of hydrogen-bond donors (Lipinski definition) is 1. The highest BCUT2D eigenvalue weighted by Crippen LogP contribution is 2.36. The minimum Gasteiger partial charge on any atom is -0.376 e. The van der Waals surface area contributed by atoms with Crippen LogP contribution in [0.4, 0.5) is 26.3 Å². The van der Waals surface area contributed by atoms with Gasteiger partial charge in [0, 0.05) is 29.9 Å². The van der Waals surface area contributed by atoms with Crippen molar-refractivity contribution in [1.82, 2.24) is 5.32 Å². The number of nitrogens with one attached hydrogen (secondary N) is 1. The van der Waals surface area contributed by atoms with E-state index in [2.05, 4.69) is 5.32 Å². The molecule has 1 fully saturated rings. The molecule has 1 heterocycles. The summed E-state index contributed by atoms with van der Waals surface area (Å²) in [5.74, 6) is 0.170. The maximum absolute atomic E-state index is 12.9. The molecule has 1 aliphatic heterocycles. The van der Waals surface area contributed by atoms with Crippen LogP contribution in [-0.2, 0) is 23.7 Å². The van der Waals surface area contributed by atoms with Gasteiger partial charge in [0.25, 0.3) is 0 Å². The molecule has 1 N–H and O–H groups in total. The van der Waals surface area contributed by atoms with E-state index in [9.17, 15) is 26.3 Å². The van der Waals surface area contributed by atoms with Crippen LogP contribution in [0.15, 0.2) is 42.5 Å². The van der Waals surface area contributed by atoms with Crippen LogP contribution in [-0.4, -0.2) is 19.7 Å². The molecule has 2 nitrogen and oxygen atoms in total. The summed E-state index contributed by atoms with van der Waals surface area (Å²) in [7, 11) is 0. The largest absolute Gasteiger partial charge is 0.416 e. The summed E-state index contributed by atoms with van der Waals surface area (Å²) >= 11 is 5.90. The van der Waals surface area contributed by atoms with E-state index in [1.54, 1.807) is 12.1 Å². The zero-order valence-corrected chi connectivity index (χ0v) is 15.8. The Morgan fingerprint density at radius 3 is 2.03 bits per heavy atom. The highest BCUT2D eigenvalue weighted by atomic mass is 35.5. The van der Waals surface area contributed by atoms with Crippen molar-refractivity contribution in [1.29, 1.82) is 0 Å². The zero-order chi connectivity index (χ0) is 21.2. The first-order chi connectivity index (χ1) is 13.5. The van der Waals surface area contributed by atoms with E-state index in [0.29, 0.717) is 30.2 Å². The fraction of sp³-hybridized carbons (Fsp3) is 0.400. The molecule has 2 atom stereocenters. The minimum absolute atomic E-state index is 0.0454. The second-order valence-electron chi connectivity index (χ2n) is 7.01. The van der Waals surface area contributed by atoms with Crippen molar-refractivity contribution in [2.75, 3.05) is 19.7 Å². The van der Waals surface area contributed by atoms with Crippen LogP contribution in [0.1, 0.15) is 28.2 Å². The Morgan fingerprint density at radius 1 is 0.897 bits per heavy atom. The van der Waals surface area contributed by atoms with Gasteiger partial charge < -0.3 is 10.1 Å². The minimum atomic E-state index is -4.87. The molecule has 0 aliphatic carbocycles. The van der Waals surface area contributed by atoms with Gasteiger partial charge in [0.05, 0.1) is 24.3 Å². The quantitative estimate of drug-likeness (QED) is 0.588. The van der Waals surface area contributed by atoms with Crippen molar-refractivity contribution in [3.05, 3.63) is 69.7 Å². The first-order valence-corrected chi connectivity index (χ1v) is 9.24. The highest BCUT2D eigenvalue weighted by Gasteiger charge is 2.37. The molecule has 1 saturated heterocycles. The number of ether oxygens (including phenoxy) is 1. The number of alkyl halides is 6. The molecule has 1 aliphatic rings. The van der Waals surface area contributed by atoms with E-state index in [0.717, 1.165) is 5.56 Å². The Labute approximate surface area is 168 Å². The van der Waals surface area contributed by atoms with Crippen LogP contribution < -0.4 is 5.32 Å². The number of rotatable bonds is 5. The van der Waals surface area contributed by atoms with Gasteiger partial charge in [-0.2, -0.15) is 26.3 Å². The van der Waals surface area contributed by atoms with E-state index in [1.165, 1.54) is 0 Å². The molecule has 0 amide bonds. The van der Waals surface area contributed by atoms with Gasteiger partial charge in [0.2, 0.25) is 0 Å². The second-order valence-corrected chi connectivity index (χ2v) is 7.44. The summed E-state index contributed by atoms with van der Waals surface area (Å²) in [6.07, 6.45) is -9.74. The van der Waals surface area contributed by atoms with Gasteiger partial charge >= 0.3 is 12.4 Å². The summed E-state index contributed by atoms with van der Waals surface area (Å²) in [5.41, 5.74) is -1.80. The van der Waals surface area contributed by atoms with Gasteiger partial charge in [-0.25, -0.2) is 0 Å². The lowest BCUT2D eigenvalue weighted by molar-refractivity contribution is -0.143. The predicted molar refractivity (Wildman–Crippen MR) is 96.7 cm³/mol. The van der Waals surface area contributed by atoms with Gasteiger partial charge in [0.1, 0.15) is 0 Å². The summed E-state index contributed by atoms with van der Waals surface area (Å²) in [6.45, 7) is 1.22. The van der Waals surface area contributed by atoms with E-state index >= 15 is 0 Å². The van der Waals surface area contributed by atoms with Crippen molar-refractivity contribution in [2.45, 2.75) is 24.9 Å². The van der Waals surface area contributed by atoms with Gasteiger partial charge in [-0.15, -0.1) is 0 Å². The van der Waals surface area contributed by atoms with Crippen LogP contribution >= 0.6 is 11.6 Å². The first-order valence-electron chi connectivity index (χ1n) is 8.86. The summed E-state index contributed by atoms with van der Waals surface area (Å²) in [4.78, 5) is 0. The lowest BCUT2D eigenvalue weighted by Crippen LogP contribution is -2.18. The average molecular weight is 438 g/mol. The first kappa shape index (κ1) is 21.9. The van der Waals surface area contributed by atoms with Crippen LogP contribution in [0.3, 0.4) is 0 Å². The summed E-state index contributed by atoms with van der Waals surface area (Å²) < 4.78 is 83.2. The van der Waals surface area contributed by atoms with Gasteiger partial charge in [-0.1, -0.05) is 23.7 Å². The summed E-state index contributed by atoms with van der Waals surface area (Å²) in [6, 6.07) is 8.84. The van der Waals surface area contributed by atoms with E-state index in [-0.39, 0.29) is 36.7 Å². The third kappa shape index (κ3) is 5.65. The van der Waals surface area contributed by atoms with Gasteiger partial charge in [-0.3, -0.25) is 0 Å². The molecule has 158 valence electrons. The third-order valence-electron chi connectivity index (χ3n) is 4.89. The molecular weight excluding hydrogens is 420 g/mol. The molecule has 2 aromatic rings. The van der Waals surface area contributed by atoms with Crippen LogP contribution in [0.25, 0.3) is 0 Å². The van der Waals surface area contributed by atoms with Crippen LogP contribution in [0.5, 0.6) is 0 Å². The Bertz CT molecular complexity index is 802. The van der Waals surface area contributed by atoms with Crippen molar-refractivity contribution in [3.63, 3.8) is 0 Å². The maximum atomic E-state index is 12.9. The second kappa shape index (κ2) is 8.53. The van der Waals surface area contributed by atoms with Crippen LogP contribution in [0.2, 0.25) is 5.02 Å². The van der Waals surface area contributed by atoms with E-state index < -0.39 is 23.5 Å². The molecule has 0 aromatic heterocycles. The predicted octanol–water partition coefficient (Wildman–Crippen LogP) is 5.90. The van der Waals surface area contributed by atoms with Crippen LogP contribution in [0, 0.1) is 5.92 Å². The van der Waals surface area contributed by atoms with E-state index in [1.807, 2.05) is 12.1 Å². The Morgan fingerprint density at radius 2 is 1.48 bits per heavy atom. The van der Waals surface area contributed by atoms with Crippen molar-refractivity contribution in [2.24, 2.45) is 5.92 Å². The highest BCUT2D eigenvalue weighted by molar-refractivity contribution is 6.30. The topological polar surface area (TPSA) is 21.3 Å². The maximum Gasteiger partial charge on any atom is 0.416 e. The summed E-state index contributed by atoms with van der Waals surface area (Å²) in [5, 5.41) is 3.84. The zero-order valence-electron chi connectivity index (χ0n) is 15.1. The molecule has 2 aromatic carbocycles. The standard InChI is InChI=1S/C20H18ClF6NO/c21-17-3-1-13(2-4-17)18-9-28-8-14(18)11-29-10-12-5-15(19(22,23)24)7-16(6-12)20(25,26)27/h1-7,14,18,28H,8-11H2/t14-,18+/m1/s1. The molecule has 29 heavy (non-hydrogen) atoms. The molecule has 0 saturated carbocycles. The normalized spacial score (nSPS) is 20.2. The molecule has 3 rings (SSSR count). The number of halogens is 7.